The van der Waals surface area contributed by atoms with Crippen LogP contribution in [-0.2, 0) is 20.9 Å². The molecular formula is C21H23N3O3. The lowest BCUT2D eigenvalue weighted by atomic mass is 10.2. The van der Waals surface area contributed by atoms with Crippen LogP contribution in [0.15, 0.2) is 66.7 Å². The molecule has 140 valence electrons. The van der Waals surface area contributed by atoms with E-state index in [0.717, 1.165) is 11.1 Å². The Morgan fingerprint density at radius 3 is 2.22 bits per heavy atom. The molecule has 1 unspecified atom stereocenters. The maximum atomic E-state index is 12.0. The number of carbonyl (C=O) groups is 3. The second-order valence-corrected chi connectivity index (χ2v) is 5.95. The summed E-state index contributed by atoms with van der Waals surface area (Å²) in [7, 11) is 0. The Morgan fingerprint density at radius 1 is 0.926 bits per heavy atom. The summed E-state index contributed by atoms with van der Waals surface area (Å²) >= 11 is 0. The van der Waals surface area contributed by atoms with Gasteiger partial charge in [-0.25, -0.2) is 0 Å². The van der Waals surface area contributed by atoms with Crippen molar-refractivity contribution in [1.29, 1.82) is 0 Å². The zero-order chi connectivity index (χ0) is 19.5. The lowest BCUT2D eigenvalue weighted by molar-refractivity contribution is -0.128. The summed E-state index contributed by atoms with van der Waals surface area (Å²) in [6, 6.07) is 18.1. The van der Waals surface area contributed by atoms with Crippen molar-refractivity contribution < 1.29 is 14.4 Å². The SMILES string of the molecule is CC(NC(=O)/C=C/c1ccccc1)C(=O)NCC(=O)NCc1ccccc1. The second kappa shape index (κ2) is 10.6. The summed E-state index contributed by atoms with van der Waals surface area (Å²) in [5, 5.41) is 7.79. The van der Waals surface area contributed by atoms with Gasteiger partial charge in [-0.3, -0.25) is 14.4 Å². The standard InChI is InChI=1S/C21H23N3O3/c1-16(24-19(25)13-12-17-8-4-2-5-9-17)21(27)23-15-20(26)22-14-18-10-6-3-7-11-18/h2-13,16H,14-15H2,1H3,(H,22,26)(H,23,27)(H,24,25)/b13-12+. The third-order valence-corrected chi connectivity index (χ3v) is 3.73. The van der Waals surface area contributed by atoms with Gasteiger partial charge in [0.05, 0.1) is 6.54 Å². The number of benzene rings is 2. The van der Waals surface area contributed by atoms with Crippen LogP contribution in [-0.4, -0.2) is 30.3 Å². The van der Waals surface area contributed by atoms with E-state index in [4.69, 9.17) is 0 Å². The number of rotatable bonds is 8. The highest BCUT2D eigenvalue weighted by atomic mass is 16.2. The van der Waals surface area contributed by atoms with Gasteiger partial charge in [-0.2, -0.15) is 0 Å². The van der Waals surface area contributed by atoms with Crippen molar-refractivity contribution in [1.82, 2.24) is 16.0 Å². The van der Waals surface area contributed by atoms with Crippen LogP contribution in [0.5, 0.6) is 0 Å². The van der Waals surface area contributed by atoms with Crippen LogP contribution in [0.25, 0.3) is 6.08 Å². The molecule has 0 spiro atoms. The number of hydrogen-bond donors (Lipinski definition) is 3. The number of amides is 3. The Bertz CT molecular complexity index is 789. The van der Waals surface area contributed by atoms with Gasteiger partial charge < -0.3 is 16.0 Å². The summed E-state index contributed by atoms with van der Waals surface area (Å²) in [6.07, 6.45) is 3.03. The molecule has 27 heavy (non-hydrogen) atoms. The first kappa shape index (κ1) is 19.9. The zero-order valence-corrected chi connectivity index (χ0v) is 15.1. The summed E-state index contributed by atoms with van der Waals surface area (Å²) in [5.74, 6) is -1.10. The Balaban J connectivity index is 1.69. The van der Waals surface area contributed by atoms with Crippen molar-refractivity contribution in [2.24, 2.45) is 0 Å². The van der Waals surface area contributed by atoms with Gasteiger partial charge in [0, 0.05) is 12.6 Å². The predicted octanol–water partition coefficient (Wildman–Crippen LogP) is 1.64. The van der Waals surface area contributed by atoms with Crippen molar-refractivity contribution >= 4 is 23.8 Å². The zero-order valence-electron chi connectivity index (χ0n) is 15.1. The van der Waals surface area contributed by atoms with Crippen LogP contribution in [0.1, 0.15) is 18.1 Å². The van der Waals surface area contributed by atoms with E-state index in [9.17, 15) is 14.4 Å². The molecule has 0 aromatic heterocycles. The van der Waals surface area contributed by atoms with Gasteiger partial charge in [-0.1, -0.05) is 60.7 Å². The maximum absolute atomic E-state index is 12.0. The normalized spacial score (nSPS) is 11.6. The molecule has 0 saturated carbocycles. The first-order valence-corrected chi connectivity index (χ1v) is 8.66. The summed E-state index contributed by atoms with van der Waals surface area (Å²) < 4.78 is 0. The molecule has 0 bridgehead atoms. The second-order valence-electron chi connectivity index (χ2n) is 5.95. The minimum atomic E-state index is -0.750. The van der Waals surface area contributed by atoms with E-state index in [1.807, 2.05) is 60.7 Å². The summed E-state index contributed by atoms with van der Waals surface area (Å²) in [6.45, 7) is 1.81. The molecule has 0 fully saturated rings. The van der Waals surface area contributed by atoms with Crippen molar-refractivity contribution in [3.05, 3.63) is 77.9 Å². The number of nitrogens with one attached hydrogen (secondary N) is 3. The van der Waals surface area contributed by atoms with E-state index in [1.54, 1.807) is 13.0 Å². The number of carbonyl (C=O) groups excluding carboxylic acids is 3. The quantitative estimate of drug-likeness (QED) is 0.622. The summed E-state index contributed by atoms with van der Waals surface area (Å²) in [5.41, 5.74) is 1.86. The number of hydrogen-bond acceptors (Lipinski definition) is 3. The molecule has 3 amide bonds. The lowest BCUT2D eigenvalue weighted by Crippen LogP contribution is -2.47. The van der Waals surface area contributed by atoms with Gasteiger partial charge in [0.25, 0.3) is 0 Å². The fourth-order valence-corrected chi connectivity index (χ4v) is 2.24. The largest absolute Gasteiger partial charge is 0.350 e. The van der Waals surface area contributed by atoms with Crippen molar-refractivity contribution in [3.8, 4) is 0 Å². The molecule has 0 heterocycles. The van der Waals surface area contributed by atoms with Crippen LogP contribution < -0.4 is 16.0 Å². The Labute approximate surface area is 158 Å². The van der Waals surface area contributed by atoms with E-state index in [-0.39, 0.29) is 18.4 Å². The van der Waals surface area contributed by atoms with Crippen molar-refractivity contribution in [2.75, 3.05) is 6.54 Å². The van der Waals surface area contributed by atoms with Gasteiger partial charge in [-0.15, -0.1) is 0 Å². The molecule has 2 rings (SSSR count). The van der Waals surface area contributed by atoms with Crippen molar-refractivity contribution in [3.63, 3.8) is 0 Å². The van der Waals surface area contributed by atoms with Crippen LogP contribution in [0.4, 0.5) is 0 Å². The molecule has 6 heteroatoms. The minimum absolute atomic E-state index is 0.147. The molecule has 1 atom stereocenters. The van der Waals surface area contributed by atoms with E-state index in [2.05, 4.69) is 16.0 Å². The Morgan fingerprint density at radius 2 is 1.56 bits per heavy atom. The van der Waals surface area contributed by atoms with Crippen LogP contribution in [0.2, 0.25) is 0 Å². The van der Waals surface area contributed by atoms with E-state index >= 15 is 0 Å². The molecule has 2 aromatic carbocycles. The fourth-order valence-electron chi connectivity index (χ4n) is 2.24. The molecule has 0 radical (unpaired) electrons. The van der Waals surface area contributed by atoms with Crippen LogP contribution in [0, 0.1) is 0 Å². The first-order valence-electron chi connectivity index (χ1n) is 8.66. The highest BCUT2D eigenvalue weighted by molar-refractivity contribution is 5.96. The lowest BCUT2D eigenvalue weighted by Gasteiger charge is -2.13. The maximum Gasteiger partial charge on any atom is 0.244 e. The van der Waals surface area contributed by atoms with Gasteiger partial charge >= 0.3 is 0 Å². The van der Waals surface area contributed by atoms with E-state index in [0.29, 0.717) is 6.54 Å². The highest BCUT2D eigenvalue weighted by Crippen LogP contribution is 2.00. The van der Waals surface area contributed by atoms with E-state index < -0.39 is 11.9 Å². The summed E-state index contributed by atoms with van der Waals surface area (Å²) in [4.78, 5) is 35.7. The van der Waals surface area contributed by atoms with Gasteiger partial charge in [0.1, 0.15) is 6.04 Å². The Kier molecular flexibility index (Phi) is 7.78. The molecule has 6 nitrogen and oxygen atoms in total. The molecule has 0 aliphatic carbocycles. The third-order valence-electron chi connectivity index (χ3n) is 3.73. The Hall–Kier alpha value is -3.41. The van der Waals surface area contributed by atoms with Crippen LogP contribution in [0.3, 0.4) is 0 Å². The van der Waals surface area contributed by atoms with Crippen molar-refractivity contribution in [2.45, 2.75) is 19.5 Å². The average molecular weight is 365 g/mol. The van der Waals surface area contributed by atoms with Crippen LogP contribution >= 0.6 is 0 Å². The first-order chi connectivity index (χ1) is 13.0. The fraction of sp³-hybridized carbons (Fsp3) is 0.190. The third kappa shape index (κ3) is 7.56. The molecule has 3 N–H and O–H groups in total. The topological polar surface area (TPSA) is 87.3 Å². The van der Waals surface area contributed by atoms with E-state index in [1.165, 1.54) is 6.08 Å². The average Bonchev–Trinajstić information content (AvgIpc) is 2.70. The molecule has 0 aliphatic rings. The van der Waals surface area contributed by atoms with Gasteiger partial charge in [0.15, 0.2) is 0 Å². The smallest absolute Gasteiger partial charge is 0.244 e. The molecule has 0 aliphatic heterocycles. The molecule has 0 saturated heterocycles. The predicted molar refractivity (Wildman–Crippen MR) is 104 cm³/mol. The monoisotopic (exact) mass is 365 g/mol. The molecule has 2 aromatic rings. The minimum Gasteiger partial charge on any atom is -0.350 e. The molecular weight excluding hydrogens is 342 g/mol. The van der Waals surface area contributed by atoms with Gasteiger partial charge in [0.2, 0.25) is 17.7 Å². The van der Waals surface area contributed by atoms with Gasteiger partial charge in [-0.05, 0) is 24.1 Å². The highest BCUT2D eigenvalue weighted by Gasteiger charge is 2.15.